The van der Waals surface area contributed by atoms with Gasteiger partial charge in [0.25, 0.3) is 0 Å². The molecule has 0 aliphatic heterocycles. The molecule has 0 fully saturated rings. The zero-order chi connectivity index (χ0) is 13.8. The van der Waals surface area contributed by atoms with Crippen LogP contribution >= 0.6 is 0 Å². The summed E-state index contributed by atoms with van der Waals surface area (Å²) in [4.78, 5) is 11.3. The van der Waals surface area contributed by atoms with E-state index in [0.29, 0.717) is 5.56 Å². The predicted molar refractivity (Wildman–Crippen MR) is 72.3 cm³/mol. The molecule has 0 bridgehead atoms. The molecule has 0 saturated carbocycles. The number of benzene rings is 2. The van der Waals surface area contributed by atoms with E-state index in [4.69, 9.17) is 4.74 Å². The molecule has 2 aromatic rings. The largest absolute Gasteiger partial charge is 0.423 e. The van der Waals surface area contributed by atoms with Gasteiger partial charge in [0, 0.05) is 17.2 Å². The van der Waals surface area contributed by atoms with Crippen molar-refractivity contribution in [3.05, 3.63) is 66.5 Å². The monoisotopic (exact) mass is 256 g/mol. The smallest absolute Gasteiger partial charge is 0.338 e. The lowest BCUT2D eigenvalue weighted by molar-refractivity contribution is -0.130. The van der Waals surface area contributed by atoms with Crippen molar-refractivity contribution in [1.29, 1.82) is 0 Å². The summed E-state index contributed by atoms with van der Waals surface area (Å²) in [5.74, 6) is -0.824. The summed E-state index contributed by atoms with van der Waals surface area (Å²) >= 11 is 0. The van der Waals surface area contributed by atoms with E-state index in [1.54, 1.807) is 12.1 Å². The molecule has 0 heterocycles. The fourth-order valence-corrected chi connectivity index (χ4v) is 1.61. The van der Waals surface area contributed by atoms with Gasteiger partial charge in [0.05, 0.1) is 0 Å². The number of halogens is 1. The third-order valence-electron chi connectivity index (χ3n) is 2.58. The Bertz CT molecular complexity index is 618. The molecule has 3 heteroatoms. The second-order valence-electron chi connectivity index (χ2n) is 4.18. The molecular formula is C16H13FO2. The summed E-state index contributed by atoms with van der Waals surface area (Å²) in [6, 6.07) is 13.5. The zero-order valence-corrected chi connectivity index (χ0v) is 10.5. The minimum atomic E-state index is -0.563. The Morgan fingerprint density at radius 2 is 1.84 bits per heavy atom. The molecule has 0 aliphatic rings. The first kappa shape index (κ1) is 13.0. The Hall–Kier alpha value is -2.42. The minimum Gasteiger partial charge on any atom is -0.423 e. The van der Waals surface area contributed by atoms with Crippen LogP contribution in [0.5, 0.6) is 5.75 Å². The molecule has 0 atom stereocenters. The fourth-order valence-electron chi connectivity index (χ4n) is 1.61. The summed E-state index contributed by atoms with van der Waals surface area (Å²) < 4.78 is 18.9. The van der Waals surface area contributed by atoms with Gasteiger partial charge in [-0.2, -0.15) is 0 Å². The lowest BCUT2D eigenvalue weighted by atomic mass is 10.1. The number of esters is 1. The van der Waals surface area contributed by atoms with E-state index in [9.17, 15) is 9.18 Å². The Kier molecular flexibility index (Phi) is 3.76. The molecule has 0 spiro atoms. The average Bonchev–Trinajstić information content (AvgIpc) is 2.39. The van der Waals surface area contributed by atoms with E-state index in [-0.39, 0.29) is 11.3 Å². The van der Waals surface area contributed by atoms with Crippen molar-refractivity contribution in [2.75, 3.05) is 0 Å². The molecule has 96 valence electrons. The molecule has 0 N–H and O–H groups in total. The number of hydrogen-bond acceptors (Lipinski definition) is 2. The van der Waals surface area contributed by atoms with E-state index in [0.717, 1.165) is 5.56 Å². The number of hydrogen-bond donors (Lipinski definition) is 0. The highest BCUT2D eigenvalue weighted by atomic mass is 19.1. The van der Waals surface area contributed by atoms with Gasteiger partial charge in [0.2, 0.25) is 0 Å². The number of ether oxygens (including phenoxy) is 1. The van der Waals surface area contributed by atoms with Crippen LogP contribution in [-0.4, -0.2) is 5.97 Å². The van der Waals surface area contributed by atoms with Gasteiger partial charge in [-0.1, -0.05) is 36.9 Å². The van der Waals surface area contributed by atoms with Crippen molar-refractivity contribution < 1.29 is 13.9 Å². The van der Waals surface area contributed by atoms with Gasteiger partial charge in [-0.05, 0) is 24.6 Å². The van der Waals surface area contributed by atoms with Crippen LogP contribution in [0, 0.1) is 5.82 Å². The van der Waals surface area contributed by atoms with Crippen molar-refractivity contribution in [3.8, 4) is 16.9 Å². The Morgan fingerprint density at radius 3 is 2.42 bits per heavy atom. The summed E-state index contributed by atoms with van der Waals surface area (Å²) in [5.41, 5.74) is 1.51. The van der Waals surface area contributed by atoms with Crippen LogP contribution in [0.25, 0.3) is 11.1 Å². The molecule has 0 aromatic heterocycles. The second kappa shape index (κ2) is 5.48. The molecule has 2 rings (SSSR count). The van der Waals surface area contributed by atoms with Crippen LogP contribution < -0.4 is 4.74 Å². The Morgan fingerprint density at radius 1 is 1.16 bits per heavy atom. The van der Waals surface area contributed by atoms with Crippen molar-refractivity contribution >= 4 is 5.97 Å². The maximum Gasteiger partial charge on any atom is 0.338 e. The third-order valence-corrected chi connectivity index (χ3v) is 2.58. The van der Waals surface area contributed by atoms with Gasteiger partial charge < -0.3 is 4.74 Å². The van der Waals surface area contributed by atoms with Gasteiger partial charge in [-0.3, -0.25) is 0 Å². The summed E-state index contributed by atoms with van der Waals surface area (Å²) in [5, 5.41) is 0. The first-order valence-corrected chi connectivity index (χ1v) is 5.80. The highest BCUT2D eigenvalue weighted by molar-refractivity contribution is 5.88. The molecule has 0 radical (unpaired) electrons. The number of rotatable bonds is 3. The zero-order valence-electron chi connectivity index (χ0n) is 10.5. The summed E-state index contributed by atoms with van der Waals surface area (Å²) in [6.45, 7) is 5.01. The quantitative estimate of drug-likeness (QED) is 0.472. The molecule has 2 aromatic carbocycles. The van der Waals surface area contributed by atoms with Crippen LogP contribution in [0.1, 0.15) is 6.92 Å². The van der Waals surface area contributed by atoms with Gasteiger partial charge in [-0.15, -0.1) is 0 Å². The summed E-state index contributed by atoms with van der Waals surface area (Å²) in [7, 11) is 0. The van der Waals surface area contributed by atoms with Crippen LogP contribution in [0.4, 0.5) is 4.39 Å². The molecule has 0 amide bonds. The predicted octanol–water partition coefficient (Wildman–Crippen LogP) is 3.97. The van der Waals surface area contributed by atoms with Crippen molar-refractivity contribution in [2.24, 2.45) is 0 Å². The van der Waals surface area contributed by atoms with E-state index in [1.807, 2.05) is 30.3 Å². The van der Waals surface area contributed by atoms with Gasteiger partial charge >= 0.3 is 5.97 Å². The minimum absolute atomic E-state index is 0.171. The maximum absolute atomic E-state index is 14.0. The first-order chi connectivity index (χ1) is 9.08. The molecule has 0 aliphatic carbocycles. The van der Waals surface area contributed by atoms with E-state index in [1.165, 1.54) is 13.0 Å². The SMILES string of the molecule is C=C(C)C(=O)Oc1ccc(-c2ccccc2)c(F)c1. The van der Waals surface area contributed by atoms with Crippen LogP contribution in [0.2, 0.25) is 0 Å². The molecule has 0 saturated heterocycles. The van der Waals surface area contributed by atoms with Crippen LogP contribution in [0.3, 0.4) is 0 Å². The normalized spacial score (nSPS) is 10.0. The van der Waals surface area contributed by atoms with Crippen molar-refractivity contribution in [1.82, 2.24) is 0 Å². The van der Waals surface area contributed by atoms with Gasteiger partial charge in [0.15, 0.2) is 0 Å². The lowest BCUT2D eigenvalue weighted by Gasteiger charge is -2.07. The maximum atomic E-state index is 14.0. The van der Waals surface area contributed by atoms with Crippen LogP contribution in [-0.2, 0) is 4.79 Å². The standard InChI is InChI=1S/C16H13FO2/c1-11(2)16(18)19-13-8-9-14(15(17)10-13)12-6-4-3-5-7-12/h3-10H,1H2,2H3. The van der Waals surface area contributed by atoms with E-state index >= 15 is 0 Å². The average molecular weight is 256 g/mol. The lowest BCUT2D eigenvalue weighted by Crippen LogP contribution is -2.08. The van der Waals surface area contributed by atoms with Gasteiger partial charge in [-0.25, -0.2) is 9.18 Å². The first-order valence-electron chi connectivity index (χ1n) is 5.80. The van der Waals surface area contributed by atoms with E-state index < -0.39 is 11.8 Å². The summed E-state index contributed by atoms with van der Waals surface area (Å²) in [6.07, 6.45) is 0. The fraction of sp³-hybridized carbons (Fsp3) is 0.0625. The van der Waals surface area contributed by atoms with Crippen LogP contribution in [0.15, 0.2) is 60.7 Å². The molecule has 2 nitrogen and oxygen atoms in total. The molecule has 19 heavy (non-hydrogen) atoms. The van der Waals surface area contributed by atoms with Gasteiger partial charge in [0.1, 0.15) is 11.6 Å². The topological polar surface area (TPSA) is 26.3 Å². The number of carbonyl (C=O) groups excluding carboxylic acids is 1. The van der Waals surface area contributed by atoms with Crippen molar-refractivity contribution in [2.45, 2.75) is 6.92 Å². The van der Waals surface area contributed by atoms with E-state index in [2.05, 4.69) is 6.58 Å². The number of carbonyl (C=O) groups is 1. The molecular weight excluding hydrogens is 243 g/mol. The Balaban J connectivity index is 2.28. The highest BCUT2D eigenvalue weighted by Crippen LogP contribution is 2.26. The molecule has 0 unspecified atom stereocenters. The highest BCUT2D eigenvalue weighted by Gasteiger charge is 2.09. The van der Waals surface area contributed by atoms with Crippen molar-refractivity contribution in [3.63, 3.8) is 0 Å². The Labute approximate surface area is 111 Å². The second-order valence-corrected chi connectivity index (χ2v) is 4.18. The third kappa shape index (κ3) is 3.07.